The number of esters is 1. The van der Waals surface area contributed by atoms with Gasteiger partial charge in [-0.15, -0.1) is 0 Å². The Labute approximate surface area is 187 Å². The molecule has 31 heavy (non-hydrogen) atoms. The minimum absolute atomic E-state index is 0.0942. The van der Waals surface area contributed by atoms with Gasteiger partial charge in [0.1, 0.15) is 5.75 Å². The molecule has 2 saturated heterocycles. The van der Waals surface area contributed by atoms with Gasteiger partial charge in [-0.1, -0.05) is 77.3 Å². The fourth-order valence-corrected chi connectivity index (χ4v) is 5.24. The van der Waals surface area contributed by atoms with Crippen LogP contribution in [0, 0.1) is 5.92 Å². The van der Waals surface area contributed by atoms with Crippen LogP contribution < -0.4 is 4.74 Å². The zero-order valence-corrected chi connectivity index (χ0v) is 19.5. The Kier molecular flexibility index (Phi) is 8.39. The number of unbranched alkanes of at least 4 members (excludes halogenated alkanes) is 7. The second-order valence-corrected chi connectivity index (χ2v) is 9.16. The molecule has 0 radical (unpaired) electrons. The van der Waals surface area contributed by atoms with Crippen molar-refractivity contribution in [1.82, 2.24) is 4.90 Å². The molecule has 5 nitrogen and oxygen atoms in total. The second-order valence-electron chi connectivity index (χ2n) is 9.16. The van der Waals surface area contributed by atoms with Crippen molar-refractivity contribution in [3.05, 3.63) is 29.8 Å². The molecule has 1 aromatic carbocycles. The molecule has 5 heteroatoms. The van der Waals surface area contributed by atoms with Crippen LogP contribution >= 0.6 is 0 Å². The number of likely N-dealkylation sites (tertiary alicyclic amines) is 1. The summed E-state index contributed by atoms with van der Waals surface area (Å²) < 4.78 is 11.1. The fourth-order valence-electron chi connectivity index (χ4n) is 5.24. The lowest BCUT2D eigenvalue weighted by Gasteiger charge is -2.47. The van der Waals surface area contributed by atoms with Gasteiger partial charge < -0.3 is 14.4 Å². The van der Waals surface area contributed by atoms with E-state index in [1.54, 1.807) is 12.0 Å². The third-order valence-corrected chi connectivity index (χ3v) is 6.99. The number of methoxy groups -OCH3 is 1. The van der Waals surface area contributed by atoms with Crippen LogP contribution in [0.3, 0.4) is 0 Å². The van der Waals surface area contributed by atoms with Gasteiger partial charge in [-0.05, 0) is 37.0 Å². The van der Waals surface area contributed by atoms with Gasteiger partial charge in [0.05, 0.1) is 13.0 Å². The molecule has 1 amide bonds. The van der Waals surface area contributed by atoms with E-state index in [0.717, 1.165) is 49.8 Å². The van der Waals surface area contributed by atoms with Crippen molar-refractivity contribution in [2.45, 2.75) is 103 Å². The second kappa shape index (κ2) is 11.0. The normalized spacial score (nSPS) is 24.7. The van der Waals surface area contributed by atoms with Crippen molar-refractivity contribution >= 4 is 11.9 Å². The number of amides is 1. The van der Waals surface area contributed by atoms with E-state index >= 15 is 0 Å². The first kappa shape index (κ1) is 23.6. The molecule has 2 aliphatic rings. The first-order valence-electron chi connectivity index (χ1n) is 12.2. The van der Waals surface area contributed by atoms with E-state index in [-0.39, 0.29) is 17.8 Å². The molecule has 0 spiro atoms. The number of hydrogen-bond acceptors (Lipinski definition) is 4. The summed E-state index contributed by atoms with van der Waals surface area (Å²) in [6.45, 7) is 4.85. The lowest BCUT2D eigenvalue weighted by molar-refractivity contribution is -0.212. The number of fused-ring (bicyclic) bond motifs is 1. The van der Waals surface area contributed by atoms with E-state index in [2.05, 4.69) is 13.8 Å². The quantitative estimate of drug-likeness (QED) is 0.283. The number of benzene rings is 1. The van der Waals surface area contributed by atoms with E-state index in [1.165, 1.54) is 32.1 Å². The van der Waals surface area contributed by atoms with Gasteiger partial charge in [0.25, 0.3) is 0 Å². The number of nitrogens with zero attached hydrogens (tertiary/aromatic N) is 1. The Bertz CT molecular complexity index is 731. The summed E-state index contributed by atoms with van der Waals surface area (Å²) >= 11 is 0. The maximum atomic E-state index is 13.5. The van der Waals surface area contributed by atoms with Crippen LogP contribution in [0.25, 0.3) is 0 Å². The molecule has 2 fully saturated rings. The molecule has 172 valence electrons. The number of carbonyl (C=O) groups excluding carboxylic acids is 2. The van der Waals surface area contributed by atoms with Crippen molar-refractivity contribution in [3.8, 4) is 5.75 Å². The van der Waals surface area contributed by atoms with Crippen LogP contribution in [0.1, 0.15) is 90.0 Å². The summed E-state index contributed by atoms with van der Waals surface area (Å²) in [5.74, 6) is 0.453. The Hall–Kier alpha value is -2.04. The minimum Gasteiger partial charge on any atom is -0.497 e. The third-order valence-electron chi connectivity index (χ3n) is 6.99. The van der Waals surface area contributed by atoms with E-state index < -0.39 is 11.6 Å². The van der Waals surface area contributed by atoms with Crippen LogP contribution in [-0.4, -0.2) is 35.5 Å². The van der Waals surface area contributed by atoms with Gasteiger partial charge in [-0.25, -0.2) is 4.79 Å². The van der Waals surface area contributed by atoms with Crippen molar-refractivity contribution < 1.29 is 19.1 Å². The summed E-state index contributed by atoms with van der Waals surface area (Å²) in [5, 5.41) is 0. The summed E-state index contributed by atoms with van der Waals surface area (Å²) in [6, 6.07) is 7.31. The van der Waals surface area contributed by atoms with Crippen LogP contribution in [0.15, 0.2) is 24.3 Å². The van der Waals surface area contributed by atoms with Crippen LogP contribution in [0.4, 0.5) is 0 Å². The lowest BCUT2D eigenvalue weighted by Crippen LogP contribution is -2.65. The zero-order chi connectivity index (χ0) is 22.3. The van der Waals surface area contributed by atoms with Crippen LogP contribution in [0.2, 0.25) is 0 Å². The Morgan fingerprint density at radius 1 is 0.935 bits per heavy atom. The lowest BCUT2D eigenvalue weighted by atomic mass is 9.74. The number of hydrogen-bond donors (Lipinski definition) is 0. The molecule has 0 bridgehead atoms. The number of rotatable bonds is 14. The highest BCUT2D eigenvalue weighted by atomic mass is 16.6. The maximum Gasteiger partial charge on any atom is 0.333 e. The average molecular weight is 430 g/mol. The van der Waals surface area contributed by atoms with Gasteiger partial charge in [0.15, 0.2) is 11.6 Å². The molecule has 1 aromatic rings. The highest BCUT2D eigenvalue weighted by Gasteiger charge is 2.70. The van der Waals surface area contributed by atoms with Gasteiger partial charge in [0.2, 0.25) is 5.91 Å². The van der Waals surface area contributed by atoms with Gasteiger partial charge in [-0.3, -0.25) is 4.79 Å². The van der Waals surface area contributed by atoms with E-state index in [0.29, 0.717) is 6.54 Å². The highest BCUT2D eigenvalue weighted by Crippen LogP contribution is 2.51. The molecule has 0 aromatic heterocycles. The van der Waals surface area contributed by atoms with Gasteiger partial charge in [0, 0.05) is 6.54 Å². The van der Waals surface area contributed by atoms with Crippen molar-refractivity contribution in [2.24, 2.45) is 5.92 Å². The first-order chi connectivity index (χ1) is 15.1. The SMILES string of the molecule is CCCCCCC[C@]12OC(=O)C1N(Cc1ccc(OC)cc1)C(=O)[C@H]2CCCCCC. The molecule has 3 rings (SSSR count). The number of ether oxygens (including phenoxy) is 2. The summed E-state index contributed by atoms with van der Waals surface area (Å²) in [7, 11) is 1.64. The van der Waals surface area contributed by atoms with E-state index in [9.17, 15) is 9.59 Å². The molecular formula is C26H39NO4. The van der Waals surface area contributed by atoms with Gasteiger partial charge in [-0.2, -0.15) is 0 Å². The molecular weight excluding hydrogens is 390 g/mol. The molecule has 1 unspecified atom stereocenters. The first-order valence-corrected chi connectivity index (χ1v) is 12.2. The fraction of sp³-hybridized carbons (Fsp3) is 0.692. The Morgan fingerprint density at radius 2 is 1.58 bits per heavy atom. The Morgan fingerprint density at radius 3 is 2.19 bits per heavy atom. The van der Waals surface area contributed by atoms with Gasteiger partial charge >= 0.3 is 5.97 Å². The predicted molar refractivity (Wildman–Crippen MR) is 122 cm³/mol. The van der Waals surface area contributed by atoms with Crippen molar-refractivity contribution in [3.63, 3.8) is 0 Å². The van der Waals surface area contributed by atoms with Crippen LogP contribution in [-0.2, 0) is 20.9 Å². The van der Waals surface area contributed by atoms with E-state index in [4.69, 9.17) is 9.47 Å². The Balaban J connectivity index is 1.74. The maximum absolute atomic E-state index is 13.5. The summed E-state index contributed by atoms with van der Waals surface area (Å²) in [5.41, 5.74) is 0.399. The molecule has 3 atom stereocenters. The monoisotopic (exact) mass is 429 g/mol. The minimum atomic E-state index is -0.612. The van der Waals surface area contributed by atoms with Crippen molar-refractivity contribution in [2.75, 3.05) is 7.11 Å². The largest absolute Gasteiger partial charge is 0.497 e. The average Bonchev–Trinajstić information content (AvgIpc) is 2.94. The molecule has 2 heterocycles. The molecule has 0 saturated carbocycles. The summed E-state index contributed by atoms with van der Waals surface area (Å²) in [6.07, 6.45) is 11.9. The number of carbonyl (C=O) groups is 2. The molecule has 0 aliphatic carbocycles. The van der Waals surface area contributed by atoms with Crippen LogP contribution in [0.5, 0.6) is 5.75 Å². The molecule has 0 N–H and O–H groups in total. The molecule has 2 aliphatic heterocycles. The predicted octanol–water partition coefficient (Wildman–Crippen LogP) is 5.65. The highest BCUT2D eigenvalue weighted by molar-refractivity contribution is 5.97. The smallest absolute Gasteiger partial charge is 0.333 e. The van der Waals surface area contributed by atoms with E-state index in [1.807, 2.05) is 24.3 Å². The standard InChI is InChI=1S/C26H39NO4/c1-4-6-8-10-12-18-26-22(13-11-9-7-5-2)24(28)27(23(26)25(29)31-26)19-20-14-16-21(30-3)17-15-20/h14-17,22-23H,4-13,18-19H2,1-3H3/t22-,23?,26-/m1/s1. The third kappa shape index (κ3) is 5.07. The zero-order valence-electron chi connectivity index (χ0n) is 19.5. The topological polar surface area (TPSA) is 55.8 Å². The summed E-state index contributed by atoms with van der Waals surface area (Å²) in [4.78, 5) is 27.9. The van der Waals surface area contributed by atoms with Crippen molar-refractivity contribution in [1.29, 1.82) is 0 Å².